The normalized spacial score (nSPS) is 11.8. The van der Waals surface area contributed by atoms with Gasteiger partial charge in [-0.2, -0.15) is 0 Å². The minimum absolute atomic E-state index is 0.324. The van der Waals surface area contributed by atoms with E-state index >= 15 is 0 Å². The maximum atomic E-state index is 12.4. The highest BCUT2D eigenvalue weighted by Gasteiger charge is 2.13. The van der Waals surface area contributed by atoms with Crippen molar-refractivity contribution < 1.29 is 14.3 Å². The number of carbonyl (C=O) groups excluding carboxylic acids is 2. The molecule has 0 unspecified atom stereocenters. The van der Waals surface area contributed by atoms with Crippen molar-refractivity contribution in [3.05, 3.63) is 77.9 Å². The highest BCUT2D eigenvalue weighted by atomic mass is 16.5. The second kappa shape index (κ2) is 8.49. The Morgan fingerprint density at radius 1 is 0.963 bits per heavy atom. The van der Waals surface area contributed by atoms with Gasteiger partial charge < -0.3 is 10.1 Å². The van der Waals surface area contributed by atoms with Crippen LogP contribution in [0.3, 0.4) is 0 Å². The number of nitrogens with one attached hydrogen (secondary N) is 1. The van der Waals surface area contributed by atoms with Gasteiger partial charge in [0.05, 0.1) is 5.56 Å². The highest BCUT2D eigenvalue weighted by molar-refractivity contribution is 6.05. The predicted octanol–water partition coefficient (Wildman–Crippen LogP) is 5.15. The summed E-state index contributed by atoms with van der Waals surface area (Å²) in [6.07, 6.45) is 1.07. The zero-order valence-electron chi connectivity index (χ0n) is 15.6. The lowest BCUT2D eigenvalue weighted by molar-refractivity contribution is -0.119. The Morgan fingerprint density at radius 2 is 1.67 bits per heavy atom. The Bertz CT molecular complexity index is 942. The molecule has 4 nitrogen and oxygen atoms in total. The zero-order chi connectivity index (χ0) is 19.2. The number of fused-ring (bicyclic) bond motifs is 1. The number of benzene rings is 3. The lowest BCUT2D eigenvalue weighted by atomic mass is 9.99. The van der Waals surface area contributed by atoms with Crippen LogP contribution in [0.4, 0.5) is 5.69 Å². The third-order valence-electron chi connectivity index (χ3n) is 4.72. The maximum absolute atomic E-state index is 12.4. The summed E-state index contributed by atoms with van der Waals surface area (Å²) >= 11 is 0. The Kier molecular flexibility index (Phi) is 5.87. The number of hydrogen-bond acceptors (Lipinski definition) is 3. The van der Waals surface area contributed by atoms with Crippen molar-refractivity contribution in [2.45, 2.75) is 26.2 Å². The molecule has 1 atom stereocenters. The van der Waals surface area contributed by atoms with E-state index in [-0.39, 0.29) is 12.5 Å². The number of ether oxygens (including phenoxy) is 1. The number of esters is 1. The fourth-order valence-electron chi connectivity index (χ4n) is 2.94. The Morgan fingerprint density at radius 3 is 2.41 bits per heavy atom. The van der Waals surface area contributed by atoms with E-state index in [1.54, 1.807) is 12.1 Å². The number of rotatable bonds is 6. The van der Waals surface area contributed by atoms with E-state index in [1.165, 1.54) is 5.56 Å². The Labute approximate surface area is 159 Å². The lowest BCUT2D eigenvalue weighted by Gasteiger charge is -2.11. The van der Waals surface area contributed by atoms with Gasteiger partial charge in [-0.3, -0.25) is 4.79 Å². The minimum Gasteiger partial charge on any atom is -0.452 e. The van der Waals surface area contributed by atoms with Crippen LogP contribution in [0.2, 0.25) is 0 Å². The third kappa shape index (κ3) is 4.53. The highest BCUT2D eigenvalue weighted by Crippen LogP contribution is 2.21. The van der Waals surface area contributed by atoms with Crippen molar-refractivity contribution in [1.29, 1.82) is 0 Å². The zero-order valence-corrected chi connectivity index (χ0v) is 15.6. The number of anilines is 1. The van der Waals surface area contributed by atoms with Crippen molar-refractivity contribution >= 4 is 28.3 Å². The van der Waals surface area contributed by atoms with Crippen molar-refractivity contribution in [2.24, 2.45) is 0 Å². The number of carbonyl (C=O) groups is 2. The molecule has 0 aliphatic carbocycles. The molecule has 0 heterocycles. The third-order valence-corrected chi connectivity index (χ3v) is 4.72. The van der Waals surface area contributed by atoms with Crippen molar-refractivity contribution in [3.8, 4) is 0 Å². The quantitative estimate of drug-likeness (QED) is 0.618. The molecule has 0 fully saturated rings. The van der Waals surface area contributed by atoms with Crippen molar-refractivity contribution in [2.75, 3.05) is 11.9 Å². The van der Waals surface area contributed by atoms with Crippen LogP contribution in [0.5, 0.6) is 0 Å². The Balaban J connectivity index is 1.59. The molecule has 0 radical (unpaired) electrons. The van der Waals surface area contributed by atoms with Gasteiger partial charge in [0.25, 0.3) is 5.91 Å². The first-order valence-corrected chi connectivity index (χ1v) is 9.13. The molecule has 4 heteroatoms. The first-order chi connectivity index (χ1) is 13.1. The van der Waals surface area contributed by atoms with Crippen LogP contribution in [0.25, 0.3) is 10.8 Å². The first-order valence-electron chi connectivity index (χ1n) is 9.13. The molecule has 3 aromatic rings. The molecule has 0 saturated heterocycles. The van der Waals surface area contributed by atoms with Gasteiger partial charge in [0, 0.05) is 5.69 Å². The van der Waals surface area contributed by atoms with Crippen LogP contribution in [0, 0.1) is 0 Å². The summed E-state index contributed by atoms with van der Waals surface area (Å²) in [6, 6.07) is 20.8. The smallest absolute Gasteiger partial charge is 0.339 e. The molecule has 138 valence electrons. The van der Waals surface area contributed by atoms with Gasteiger partial charge in [-0.15, -0.1) is 0 Å². The molecule has 0 aromatic heterocycles. The summed E-state index contributed by atoms with van der Waals surface area (Å²) in [7, 11) is 0. The average molecular weight is 361 g/mol. The van der Waals surface area contributed by atoms with E-state index in [9.17, 15) is 9.59 Å². The molecule has 1 N–H and O–H groups in total. The predicted molar refractivity (Wildman–Crippen MR) is 108 cm³/mol. The SMILES string of the molecule is CC[C@H](C)c1ccc(NC(=O)COC(=O)c2cccc3ccccc23)cc1. The van der Waals surface area contributed by atoms with Crippen LogP contribution in [0.15, 0.2) is 66.7 Å². The summed E-state index contributed by atoms with van der Waals surface area (Å²) in [6.45, 7) is 3.99. The molecule has 0 bridgehead atoms. The fraction of sp³-hybridized carbons (Fsp3) is 0.217. The number of amides is 1. The molecule has 1 amide bonds. The molecule has 0 aliphatic rings. The molecular formula is C23H23NO3. The van der Waals surface area contributed by atoms with Crippen LogP contribution >= 0.6 is 0 Å². The van der Waals surface area contributed by atoms with Gasteiger partial charge in [0.2, 0.25) is 0 Å². The van der Waals surface area contributed by atoms with E-state index in [0.717, 1.165) is 17.2 Å². The van der Waals surface area contributed by atoms with E-state index in [1.807, 2.05) is 54.6 Å². The summed E-state index contributed by atoms with van der Waals surface area (Å²) < 4.78 is 5.20. The molecule has 27 heavy (non-hydrogen) atoms. The summed E-state index contributed by atoms with van der Waals surface area (Å²) in [5, 5.41) is 4.52. The molecule has 0 spiro atoms. The van der Waals surface area contributed by atoms with Crippen LogP contribution in [0.1, 0.15) is 42.1 Å². The minimum atomic E-state index is -0.505. The Hall–Kier alpha value is -3.14. The van der Waals surface area contributed by atoms with Crippen LogP contribution in [-0.4, -0.2) is 18.5 Å². The largest absolute Gasteiger partial charge is 0.452 e. The average Bonchev–Trinajstić information content (AvgIpc) is 2.71. The molecule has 3 rings (SSSR count). The summed E-state index contributed by atoms with van der Waals surface area (Å²) in [5.41, 5.74) is 2.38. The molecule has 3 aromatic carbocycles. The maximum Gasteiger partial charge on any atom is 0.339 e. The molecule has 0 aliphatic heterocycles. The van der Waals surface area contributed by atoms with E-state index in [2.05, 4.69) is 19.2 Å². The van der Waals surface area contributed by atoms with E-state index in [0.29, 0.717) is 17.2 Å². The van der Waals surface area contributed by atoms with Gasteiger partial charge in [-0.25, -0.2) is 4.79 Å². The van der Waals surface area contributed by atoms with Gasteiger partial charge in [0.15, 0.2) is 6.61 Å². The van der Waals surface area contributed by atoms with Crippen LogP contribution < -0.4 is 5.32 Å². The van der Waals surface area contributed by atoms with Gasteiger partial charge in [-0.05, 0) is 46.9 Å². The molecule has 0 saturated carbocycles. The summed E-state index contributed by atoms with van der Waals surface area (Å²) in [4.78, 5) is 24.5. The van der Waals surface area contributed by atoms with Crippen LogP contribution in [-0.2, 0) is 9.53 Å². The monoisotopic (exact) mass is 361 g/mol. The van der Waals surface area contributed by atoms with Crippen molar-refractivity contribution in [1.82, 2.24) is 0 Å². The topological polar surface area (TPSA) is 55.4 Å². The van der Waals surface area contributed by atoms with Crippen molar-refractivity contribution in [3.63, 3.8) is 0 Å². The summed E-state index contributed by atoms with van der Waals surface area (Å²) in [5.74, 6) is -0.384. The second-order valence-electron chi connectivity index (χ2n) is 6.58. The second-order valence-corrected chi connectivity index (χ2v) is 6.58. The van der Waals surface area contributed by atoms with E-state index in [4.69, 9.17) is 4.74 Å². The molecular weight excluding hydrogens is 338 g/mol. The van der Waals surface area contributed by atoms with Gasteiger partial charge in [-0.1, -0.05) is 62.4 Å². The van der Waals surface area contributed by atoms with Gasteiger partial charge >= 0.3 is 5.97 Å². The number of hydrogen-bond donors (Lipinski definition) is 1. The lowest BCUT2D eigenvalue weighted by Crippen LogP contribution is -2.21. The standard InChI is InChI=1S/C23H23NO3/c1-3-16(2)17-11-13-19(14-12-17)24-22(25)15-27-23(26)21-10-6-8-18-7-4-5-9-20(18)21/h4-14,16H,3,15H2,1-2H3,(H,24,25)/t16-/m0/s1. The van der Waals surface area contributed by atoms with Gasteiger partial charge in [0.1, 0.15) is 0 Å². The first kappa shape index (κ1) is 18.6. The van der Waals surface area contributed by atoms with E-state index < -0.39 is 5.97 Å². The fourth-order valence-corrected chi connectivity index (χ4v) is 2.94.